The van der Waals surface area contributed by atoms with Gasteiger partial charge in [0.2, 0.25) is 0 Å². The van der Waals surface area contributed by atoms with Gasteiger partial charge in [0, 0.05) is 11.1 Å². The third kappa shape index (κ3) is 5.62. The van der Waals surface area contributed by atoms with Crippen molar-refractivity contribution >= 4 is 23.3 Å². The Balaban J connectivity index is 1.60. The Hall–Kier alpha value is -3.25. The zero-order valence-corrected chi connectivity index (χ0v) is 16.9. The molecule has 0 saturated heterocycles. The van der Waals surface area contributed by atoms with Crippen LogP contribution in [0.15, 0.2) is 67.4 Å². The molecule has 1 N–H and O–H groups in total. The number of rotatable bonds is 9. The number of benzene rings is 2. The summed E-state index contributed by atoms with van der Waals surface area (Å²) in [7, 11) is 1.56. The van der Waals surface area contributed by atoms with Gasteiger partial charge in [-0.3, -0.25) is 4.79 Å². The molecule has 0 bridgehead atoms. The number of halogens is 1. The quantitative estimate of drug-likeness (QED) is 0.532. The van der Waals surface area contributed by atoms with Crippen molar-refractivity contribution in [2.75, 3.05) is 19.0 Å². The molecule has 0 atom stereocenters. The Morgan fingerprint density at radius 2 is 1.93 bits per heavy atom. The first-order valence-corrected chi connectivity index (χ1v) is 9.43. The number of hydrogen-bond donors (Lipinski definition) is 1. The van der Waals surface area contributed by atoms with Gasteiger partial charge in [-0.25, -0.2) is 4.68 Å². The number of nitrogens with zero attached hydrogens (tertiary/aromatic N) is 2. The van der Waals surface area contributed by atoms with Gasteiger partial charge in [-0.15, -0.1) is 6.58 Å². The van der Waals surface area contributed by atoms with E-state index in [1.807, 2.05) is 42.5 Å². The van der Waals surface area contributed by atoms with Crippen molar-refractivity contribution in [3.05, 3.63) is 83.5 Å². The maximum Gasteiger partial charge on any atom is 0.263 e. The van der Waals surface area contributed by atoms with Crippen molar-refractivity contribution in [2.45, 2.75) is 13.0 Å². The highest BCUT2D eigenvalue weighted by atomic mass is 35.5. The lowest BCUT2D eigenvalue weighted by Gasteiger charge is -2.13. The Bertz CT molecular complexity index is 983. The summed E-state index contributed by atoms with van der Waals surface area (Å²) in [5, 5.41) is 7.75. The summed E-state index contributed by atoms with van der Waals surface area (Å²) in [5.41, 5.74) is 2.08. The van der Waals surface area contributed by atoms with Crippen LogP contribution in [0.25, 0.3) is 0 Å². The van der Waals surface area contributed by atoms with E-state index in [1.54, 1.807) is 30.1 Å². The number of hydrogen-bond acceptors (Lipinski definition) is 4. The minimum Gasteiger partial charge on any atom is -0.493 e. The van der Waals surface area contributed by atoms with Crippen molar-refractivity contribution in [3.8, 4) is 11.5 Å². The van der Waals surface area contributed by atoms with Crippen molar-refractivity contribution in [1.29, 1.82) is 0 Å². The number of nitrogens with one attached hydrogen (secondary N) is 1. The van der Waals surface area contributed by atoms with Crippen LogP contribution < -0.4 is 14.8 Å². The molecule has 3 aromatic rings. The molecule has 0 aliphatic heterocycles. The Morgan fingerprint density at radius 1 is 1.17 bits per heavy atom. The molecule has 0 fully saturated rings. The molecule has 1 amide bonds. The molecule has 7 heteroatoms. The molecule has 0 radical (unpaired) electrons. The smallest absolute Gasteiger partial charge is 0.263 e. The summed E-state index contributed by atoms with van der Waals surface area (Å²) in [4.78, 5) is 12.4. The van der Waals surface area contributed by atoms with Gasteiger partial charge in [-0.2, -0.15) is 5.10 Å². The molecule has 6 nitrogen and oxygen atoms in total. The predicted octanol–water partition coefficient (Wildman–Crippen LogP) is 4.34. The number of aromatic nitrogens is 2. The van der Waals surface area contributed by atoms with E-state index in [4.69, 9.17) is 21.1 Å². The van der Waals surface area contributed by atoms with Crippen LogP contribution in [-0.2, 0) is 17.8 Å². The maximum absolute atomic E-state index is 12.4. The van der Waals surface area contributed by atoms with Crippen LogP contribution in [0.2, 0.25) is 5.02 Å². The molecular formula is C22H22ClN3O3. The topological polar surface area (TPSA) is 65.4 Å². The first-order chi connectivity index (χ1) is 14.1. The fraction of sp³-hybridized carbons (Fsp3) is 0.182. The first kappa shape index (κ1) is 20.5. The van der Waals surface area contributed by atoms with Gasteiger partial charge in [0.05, 0.1) is 19.9 Å². The van der Waals surface area contributed by atoms with Gasteiger partial charge in [0.1, 0.15) is 5.82 Å². The summed E-state index contributed by atoms with van der Waals surface area (Å²) in [5.74, 6) is 1.37. The highest BCUT2D eigenvalue weighted by molar-refractivity contribution is 6.30. The summed E-state index contributed by atoms with van der Waals surface area (Å²) >= 11 is 5.92. The van der Waals surface area contributed by atoms with Crippen LogP contribution in [0.3, 0.4) is 0 Å². The fourth-order valence-electron chi connectivity index (χ4n) is 2.77. The molecule has 2 aromatic carbocycles. The van der Waals surface area contributed by atoms with E-state index in [-0.39, 0.29) is 12.5 Å². The average Bonchev–Trinajstić information content (AvgIpc) is 3.15. The third-order valence-electron chi connectivity index (χ3n) is 4.20. The first-order valence-electron chi connectivity index (χ1n) is 9.05. The molecule has 0 aliphatic carbocycles. The van der Waals surface area contributed by atoms with E-state index >= 15 is 0 Å². The Morgan fingerprint density at radius 3 is 2.66 bits per heavy atom. The number of carbonyl (C=O) groups excluding carboxylic acids is 1. The standard InChI is InChI=1S/C22H22ClN3O3/c1-3-4-16-7-10-19(20(13-16)28-2)29-15-22(27)25-21-11-12-24-26(21)14-17-5-8-18(23)9-6-17/h3,5-13H,1,4,14-15H2,2H3,(H,25,27). The van der Waals surface area contributed by atoms with Crippen LogP contribution >= 0.6 is 11.6 Å². The molecule has 29 heavy (non-hydrogen) atoms. The van der Waals surface area contributed by atoms with E-state index < -0.39 is 0 Å². The molecular weight excluding hydrogens is 390 g/mol. The van der Waals surface area contributed by atoms with Crippen molar-refractivity contribution in [2.24, 2.45) is 0 Å². The predicted molar refractivity (Wildman–Crippen MR) is 114 cm³/mol. The second-order valence-corrected chi connectivity index (χ2v) is 6.75. The van der Waals surface area contributed by atoms with Crippen molar-refractivity contribution in [3.63, 3.8) is 0 Å². The SMILES string of the molecule is C=CCc1ccc(OCC(=O)Nc2ccnn2Cc2ccc(Cl)cc2)c(OC)c1. The van der Waals surface area contributed by atoms with Gasteiger partial charge < -0.3 is 14.8 Å². The van der Waals surface area contributed by atoms with Gasteiger partial charge in [0.25, 0.3) is 5.91 Å². The number of amides is 1. The monoisotopic (exact) mass is 411 g/mol. The van der Waals surface area contributed by atoms with Crippen LogP contribution in [0.1, 0.15) is 11.1 Å². The van der Waals surface area contributed by atoms with E-state index in [0.29, 0.717) is 28.9 Å². The summed E-state index contributed by atoms with van der Waals surface area (Å²) in [6, 6.07) is 14.8. The van der Waals surface area contributed by atoms with Crippen LogP contribution in [0, 0.1) is 0 Å². The van der Waals surface area contributed by atoms with Gasteiger partial charge in [-0.05, 0) is 41.8 Å². The number of carbonyl (C=O) groups is 1. The minimum atomic E-state index is -0.292. The van der Waals surface area contributed by atoms with Gasteiger partial charge in [0.15, 0.2) is 18.1 Å². The fourth-order valence-corrected chi connectivity index (χ4v) is 2.90. The van der Waals surface area contributed by atoms with E-state index in [2.05, 4.69) is 17.0 Å². The molecule has 1 heterocycles. The lowest BCUT2D eigenvalue weighted by Crippen LogP contribution is -2.22. The molecule has 0 aliphatic rings. The lowest BCUT2D eigenvalue weighted by molar-refractivity contribution is -0.118. The highest BCUT2D eigenvalue weighted by Crippen LogP contribution is 2.28. The van der Waals surface area contributed by atoms with Gasteiger partial charge >= 0.3 is 0 Å². The normalized spacial score (nSPS) is 10.4. The molecule has 3 rings (SSSR count). The van der Waals surface area contributed by atoms with Crippen molar-refractivity contribution in [1.82, 2.24) is 9.78 Å². The van der Waals surface area contributed by atoms with Crippen LogP contribution in [-0.4, -0.2) is 29.4 Å². The molecule has 0 spiro atoms. The second-order valence-electron chi connectivity index (χ2n) is 6.32. The summed E-state index contributed by atoms with van der Waals surface area (Å²) in [6.45, 7) is 4.09. The largest absolute Gasteiger partial charge is 0.493 e. The third-order valence-corrected chi connectivity index (χ3v) is 4.45. The molecule has 0 saturated carbocycles. The summed E-state index contributed by atoms with van der Waals surface area (Å²) in [6.07, 6.45) is 4.18. The average molecular weight is 412 g/mol. The van der Waals surface area contributed by atoms with Crippen molar-refractivity contribution < 1.29 is 14.3 Å². The zero-order chi connectivity index (χ0) is 20.6. The number of methoxy groups -OCH3 is 1. The van der Waals surface area contributed by atoms with E-state index in [9.17, 15) is 4.79 Å². The van der Waals surface area contributed by atoms with Crippen LogP contribution in [0.5, 0.6) is 11.5 Å². The maximum atomic E-state index is 12.4. The lowest BCUT2D eigenvalue weighted by atomic mass is 10.1. The van der Waals surface area contributed by atoms with Crippen LogP contribution in [0.4, 0.5) is 5.82 Å². The molecule has 150 valence electrons. The second kappa shape index (κ2) is 9.80. The number of anilines is 1. The molecule has 0 unspecified atom stereocenters. The number of ether oxygens (including phenoxy) is 2. The highest BCUT2D eigenvalue weighted by Gasteiger charge is 2.11. The van der Waals surface area contributed by atoms with E-state index in [1.165, 1.54) is 0 Å². The number of allylic oxidation sites excluding steroid dienone is 1. The van der Waals surface area contributed by atoms with Gasteiger partial charge in [-0.1, -0.05) is 35.9 Å². The minimum absolute atomic E-state index is 0.150. The zero-order valence-electron chi connectivity index (χ0n) is 16.1. The Kier molecular flexibility index (Phi) is 6.92. The van der Waals surface area contributed by atoms with E-state index in [0.717, 1.165) is 17.5 Å². The molecule has 1 aromatic heterocycles. The summed E-state index contributed by atoms with van der Waals surface area (Å²) < 4.78 is 12.7. The Labute approximate surface area is 174 Å².